The third-order valence-corrected chi connectivity index (χ3v) is 2.94. The van der Waals surface area contributed by atoms with Crippen LogP contribution >= 0.6 is 0 Å². The minimum Gasteiger partial charge on any atom is -0.339 e. The van der Waals surface area contributed by atoms with Crippen molar-refractivity contribution in [3.63, 3.8) is 0 Å². The Balaban J connectivity index is 1.93. The number of likely N-dealkylation sites (N-methyl/N-ethyl adjacent to an activating group) is 1. The van der Waals surface area contributed by atoms with Crippen molar-refractivity contribution in [3.8, 4) is 0 Å². The van der Waals surface area contributed by atoms with Crippen molar-refractivity contribution < 1.29 is 4.79 Å². The summed E-state index contributed by atoms with van der Waals surface area (Å²) in [5.41, 5.74) is 0.517. The van der Waals surface area contributed by atoms with Gasteiger partial charge in [-0.25, -0.2) is 0 Å². The standard InChI is InChI=1S/C11H18N4O/c1-14(8-9-4-3-6-12-9)11(16)10-5-7-15(2)13-10/h5,7,9,12H,3-4,6,8H2,1-2H3. The molecule has 1 aliphatic rings. The summed E-state index contributed by atoms with van der Waals surface area (Å²) in [6.07, 6.45) is 4.14. The molecular formula is C11H18N4O. The molecule has 88 valence electrons. The van der Waals surface area contributed by atoms with Crippen molar-refractivity contribution in [3.05, 3.63) is 18.0 Å². The maximum atomic E-state index is 12.0. The molecule has 1 aliphatic heterocycles. The molecule has 0 spiro atoms. The van der Waals surface area contributed by atoms with Crippen molar-refractivity contribution >= 4 is 5.91 Å². The Morgan fingerprint density at radius 3 is 3.12 bits per heavy atom. The Morgan fingerprint density at radius 1 is 1.75 bits per heavy atom. The van der Waals surface area contributed by atoms with Gasteiger partial charge in [-0.2, -0.15) is 5.10 Å². The number of nitrogens with one attached hydrogen (secondary N) is 1. The van der Waals surface area contributed by atoms with E-state index >= 15 is 0 Å². The van der Waals surface area contributed by atoms with Gasteiger partial charge in [-0.05, 0) is 25.5 Å². The first kappa shape index (κ1) is 11.1. The number of rotatable bonds is 3. The Kier molecular flexibility index (Phi) is 3.24. The molecular weight excluding hydrogens is 204 g/mol. The first-order valence-electron chi connectivity index (χ1n) is 5.65. The minimum absolute atomic E-state index is 0.00528. The molecule has 1 amide bonds. The highest BCUT2D eigenvalue weighted by Gasteiger charge is 2.20. The van der Waals surface area contributed by atoms with Crippen molar-refractivity contribution in [2.75, 3.05) is 20.1 Å². The molecule has 1 fully saturated rings. The van der Waals surface area contributed by atoms with Crippen molar-refractivity contribution in [1.82, 2.24) is 20.0 Å². The topological polar surface area (TPSA) is 50.2 Å². The molecule has 1 unspecified atom stereocenters. The number of nitrogens with zero attached hydrogens (tertiary/aromatic N) is 3. The second kappa shape index (κ2) is 4.65. The van der Waals surface area contributed by atoms with Crippen LogP contribution < -0.4 is 5.32 Å². The number of aryl methyl sites for hydroxylation is 1. The average Bonchev–Trinajstić information content (AvgIpc) is 2.88. The van der Waals surface area contributed by atoms with Gasteiger partial charge in [0.15, 0.2) is 0 Å². The third kappa shape index (κ3) is 2.41. The van der Waals surface area contributed by atoms with E-state index in [2.05, 4.69) is 10.4 Å². The molecule has 16 heavy (non-hydrogen) atoms. The average molecular weight is 222 g/mol. The van der Waals surface area contributed by atoms with Gasteiger partial charge in [0.1, 0.15) is 5.69 Å². The lowest BCUT2D eigenvalue weighted by Crippen LogP contribution is -2.38. The van der Waals surface area contributed by atoms with E-state index in [1.807, 2.05) is 14.1 Å². The first-order valence-corrected chi connectivity index (χ1v) is 5.65. The normalized spacial score (nSPS) is 20.0. The van der Waals surface area contributed by atoms with Gasteiger partial charge < -0.3 is 10.2 Å². The molecule has 0 saturated carbocycles. The van der Waals surface area contributed by atoms with Gasteiger partial charge in [0, 0.05) is 32.9 Å². The maximum Gasteiger partial charge on any atom is 0.274 e. The largest absolute Gasteiger partial charge is 0.339 e. The molecule has 0 aromatic carbocycles. The number of hydrogen-bond donors (Lipinski definition) is 1. The van der Waals surface area contributed by atoms with E-state index in [0.29, 0.717) is 11.7 Å². The Bertz CT molecular complexity index is 368. The Labute approximate surface area is 95.4 Å². The molecule has 0 bridgehead atoms. The van der Waals surface area contributed by atoms with Crippen LogP contribution in [0.4, 0.5) is 0 Å². The number of aromatic nitrogens is 2. The third-order valence-electron chi connectivity index (χ3n) is 2.94. The van der Waals surface area contributed by atoms with Crippen molar-refractivity contribution in [2.45, 2.75) is 18.9 Å². The fourth-order valence-electron chi connectivity index (χ4n) is 2.05. The molecule has 2 heterocycles. The molecule has 1 aromatic rings. The zero-order chi connectivity index (χ0) is 11.5. The van der Waals surface area contributed by atoms with Crippen molar-refractivity contribution in [1.29, 1.82) is 0 Å². The molecule has 5 nitrogen and oxygen atoms in total. The van der Waals surface area contributed by atoms with Gasteiger partial charge in [0.25, 0.3) is 5.91 Å². The summed E-state index contributed by atoms with van der Waals surface area (Å²) in [4.78, 5) is 13.7. The summed E-state index contributed by atoms with van der Waals surface area (Å²) in [7, 11) is 3.65. The van der Waals surface area contributed by atoms with Gasteiger partial charge in [-0.3, -0.25) is 9.48 Å². The highest BCUT2D eigenvalue weighted by molar-refractivity contribution is 5.92. The van der Waals surface area contributed by atoms with Crippen LogP contribution in [0.15, 0.2) is 12.3 Å². The van der Waals surface area contributed by atoms with Crippen LogP contribution in [0.5, 0.6) is 0 Å². The summed E-state index contributed by atoms with van der Waals surface area (Å²) >= 11 is 0. The predicted octanol–water partition coefficient (Wildman–Crippen LogP) is 0.244. The highest BCUT2D eigenvalue weighted by Crippen LogP contribution is 2.08. The summed E-state index contributed by atoms with van der Waals surface area (Å²) in [6.45, 7) is 1.83. The summed E-state index contributed by atoms with van der Waals surface area (Å²) < 4.78 is 1.65. The van der Waals surface area contributed by atoms with E-state index in [1.165, 1.54) is 6.42 Å². The van der Waals surface area contributed by atoms with Crippen LogP contribution in [0.3, 0.4) is 0 Å². The van der Waals surface area contributed by atoms with Gasteiger partial charge >= 0.3 is 0 Å². The lowest BCUT2D eigenvalue weighted by Gasteiger charge is -2.20. The molecule has 0 radical (unpaired) electrons. The Hall–Kier alpha value is -1.36. The van der Waals surface area contributed by atoms with Crippen LogP contribution in [0.25, 0.3) is 0 Å². The van der Waals surface area contributed by atoms with Gasteiger partial charge in [-0.15, -0.1) is 0 Å². The van der Waals surface area contributed by atoms with E-state index < -0.39 is 0 Å². The molecule has 5 heteroatoms. The molecule has 0 aliphatic carbocycles. The van der Waals surface area contributed by atoms with E-state index in [-0.39, 0.29) is 5.91 Å². The summed E-state index contributed by atoms with van der Waals surface area (Å²) in [6, 6.07) is 2.19. The Morgan fingerprint density at radius 2 is 2.56 bits per heavy atom. The number of carbonyl (C=O) groups excluding carboxylic acids is 1. The lowest BCUT2D eigenvalue weighted by atomic mass is 10.2. The zero-order valence-corrected chi connectivity index (χ0v) is 9.81. The number of carbonyl (C=O) groups is 1. The smallest absolute Gasteiger partial charge is 0.274 e. The quantitative estimate of drug-likeness (QED) is 0.797. The summed E-state index contributed by atoms with van der Waals surface area (Å²) in [5, 5.41) is 7.49. The van der Waals surface area contributed by atoms with Crippen LogP contribution in [-0.2, 0) is 7.05 Å². The van der Waals surface area contributed by atoms with Crippen LogP contribution in [0.1, 0.15) is 23.3 Å². The van der Waals surface area contributed by atoms with E-state index in [0.717, 1.165) is 19.5 Å². The fraction of sp³-hybridized carbons (Fsp3) is 0.636. The maximum absolute atomic E-state index is 12.0. The minimum atomic E-state index is -0.00528. The summed E-state index contributed by atoms with van der Waals surface area (Å²) in [5.74, 6) is -0.00528. The number of hydrogen-bond acceptors (Lipinski definition) is 3. The first-order chi connectivity index (χ1) is 7.66. The fourth-order valence-corrected chi connectivity index (χ4v) is 2.05. The zero-order valence-electron chi connectivity index (χ0n) is 9.81. The molecule has 2 rings (SSSR count). The van der Waals surface area contributed by atoms with Crippen LogP contribution in [0.2, 0.25) is 0 Å². The lowest BCUT2D eigenvalue weighted by molar-refractivity contribution is 0.0777. The van der Waals surface area contributed by atoms with Gasteiger partial charge in [-0.1, -0.05) is 0 Å². The van der Waals surface area contributed by atoms with E-state index in [4.69, 9.17) is 0 Å². The van der Waals surface area contributed by atoms with Crippen LogP contribution in [-0.4, -0.2) is 46.8 Å². The van der Waals surface area contributed by atoms with Crippen molar-refractivity contribution in [2.24, 2.45) is 7.05 Å². The van der Waals surface area contributed by atoms with E-state index in [1.54, 1.807) is 21.8 Å². The molecule has 1 aromatic heterocycles. The number of amides is 1. The van der Waals surface area contributed by atoms with Gasteiger partial charge in [0.2, 0.25) is 0 Å². The van der Waals surface area contributed by atoms with E-state index in [9.17, 15) is 4.79 Å². The van der Waals surface area contributed by atoms with Crippen LogP contribution in [0, 0.1) is 0 Å². The highest BCUT2D eigenvalue weighted by atomic mass is 16.2. The monoisotopic (exact) mass is 222 g/mol. The molecule has 1 saturated heterocycles. The predicted molar refractivity (Wildman–Crippen MR) is 61.2 cm³/mol. The second-order valence-electron chi connectivity index (χ2n) is 4.35. The molecule has 1 atom stereocenters. The SMILES string of the molecule is CN(CC1CCCN1)C(=O)c1ccn(C)n1. The van der Waals surface area contributed by atoms with Gasteiger partial charge in [0.05, 0.1) is 0 Å². The molecule has 1 N–H and O–H groups in total. The second-order valence-corrected chi connectivity index (χ2v) is 4.35.